The van der Waals surface area contributed by atoms with Crippen LogP contribution >= 0.6 is 0 Å². The third kappa shape index (κ3) is 1.97. The highest BCUT2D eigenvalue weighted by Gasteiger charge is 2.13. The molecule has 0 unspecified atom stereocenters. The summed E-state index contributed by atoms with van der Waals surface area (Å²) in [5, 5.41) is 3.23. The van der Waals surface area contributed by atoms with Gasteiger partial charge in [0, 0.05) is 11.1 Å². The first-order valence-electron chi connectivity index (χ1n) is 6.61. The predicted octanol–water partition coefficient (Wildman–Crippen LogP) is 3.45. The highest BCUT2D eigenvalue weighted by atomic mass is 16.1. The Balaban J connectivity index is 2.22. The molecule has 1 heterocycles. The van der Waals surface area contributed by atoms with Crippen molar-refractivity contribution < 1.29 is 0 Å². The van der Waals surface area contributed by atoms with Crippen LogP contribution < -0.4 is 5.56 Å². The maximum Gasteiger partial charge on any atom is 0.274 e. The van der Waals surface area contributed by atoms with Gasteiger partial charge in [0.1, 0.15) is 0 Å². The van der Waals surface area contributed by atoms with Crippen LogP contribution in [0.5, 0.6) is 0 Å². The van der Waals surface area contributed by atoms with E-state index in [0.29, 0.717) is 0 Å². The highest BCUT2D eigenvalue weighted by molar-refractivity contribution is 5.66. The Bertz CT molecular complexity index is 797. The van der Waals surface area contributed by atoms with E-state index in [4.69, 9.17) is 0 Å². The van der Waals surface area contributed by atoms with Crippen LogP contribution in [0, 0.1) is 13.8 Å². The second-order valence-electron chi connectivity index (χ2n) is 4.90. The summed E-state index contributed by atoms with van der Waals surface area (Å²) in [5.74, 6) is 0. The van der Waals surface area contributed by atoms with Gasteiger partial charge in [-0.2, -0.15) is 0 Å². The fourth-order valence-corrected chi connectivity index (χ4v) is 2.40. The number of hydrogen-bond acceptors (Lipinski definition) is 1. The SMILES string of the molecule is Cc1ccccc1-c1[nH]n(-c2ccccc2)c(=O)c1C. The molecule has 2 aromatic carbocycles. The van der Waals surface area contributed by atoms with Crippen LogP contribution in [0.15, 0.2) is 59.4 Å². The third-order valence-corrected chi connectivity index (χ3v) is 3.55. The van der Waals surface area contributed by atoms with E-state index in [-0.39, 0.29) is 5.56 Å². The lowest BCUT2D eigenvalue weighted by Gasteiger charge is -2.04. The van der Waals surface area contributed by atoms with E-state index in [2.05, 4.69) is 5.10 Å². The molecular formula is C17H16N2O. The molecule has 20 heavy (non-hydrogen) atoms. The van der Waals surface area contributed by atoms with E-state index in [1.54, 1.807) is 4.68 Å². The summed E-state index contributed by atoms with van der Waals surface area (Å²) in [6.07, 6.45) is 0. The molecule has 1 N–H and O–H groups in total. The molecule has 0 saturated heterocycles. The minimum absolute atomic E-state index is 0.00514. The van der Waals surface area contributed by atoms with E-state index < -0.39 is 0 Å². The Kier molecular flexibility index (Phi) is 3.03. The molecule has 3 rings (SSSR count). The molecule has 3 nitrogen and oxygen atoms in total. The lowest BCUT2D eigenvalue weighted by atomic mass is 10.0. The lowest BCUT2D eigenvalue weighted by molar-refractivity contribution is 0.851. The maximum absolute atomic E-state index is 12.4. The first kappa shape index (κ1) is 12.5. The summed E-state index contributed by atoms with van der Waals surface area (Å²) in [5.41, 5.74) is 4.68. The normalized spacial score (nSPS) is 10.7. The molecule has 3 aromatic rings. The molecule has 100 valence electrons. The number of nitrogens with one attached hydrogen (secondary N) is 1. The summed E-state index contributed by atoms with van der Waals surface area (Å²) in [6, 6.07) is 17.7. The van der Waals surface area contributed by atoms with Gasteiger partial charge in [0.25, 0.3) is 5.56 Å². The van der Waals surface area contributed by atoms with Gasteiger partial charge in [-0.25, -0.2) is 4.68 Å². The number of aromatic amines is 1. The molecule has 0 spiro atoms. The Morgan fingerprint density at radius 2 is 1.55 bits per heavy atom. The second-order valence-corrected chi connectivity index (χ2v) is 4.90. The smallest absolute Gasteiger partial charge is 0.274 e. The molecule has 1 aromatic heterocycles. The summed E-state index contributed by atoms with van der Waals surface area (Å²) in [6.45, 7) is 3.91. The van der Waals surface area contributed by atoms with Gasteiger partial charge >= 0.3 is 0 Å². The van der Waals surface area contributed by atoms with Crippen LogP contribution in [-0.2, 0) is 0 Å². The van der Waals surface area contributed by atoms with E-state index in [0.717, 1.165) is 28.1 Å². The summed E-state index contributed by atoms with van der Waals surface area (Å²) in [4.78, 5) is 12.4. The van der Waals surface area contributed by atoms with Crippen molar-refractivity contribution in [2.24, 2.45) is 0 Å². The van der Waals surface area contributed by atoms with Crippen LogP contribution in [0.2, 0.25) is 0 Å². The van der Waals surface area contributed by atoms with Crippen LogP contribution in [0.3, 0.4) is 0 Å². The first-order valence-corrected chi connectivity index (χ1v) is 6.61. The fraction of sp³-hybridized carbons (Fsp3) is 0.118. The number of nitrogens with zero attached hydrogens (tertiary/aromatic N) is 1. The van der Waals surface area contributed by atoms with Crippen LogP contribution in [0.25, 0.3) is 16.9 Å². The monoisotopic (exact) mass is 264 g/mol. The fourth-order valence-electron chi connectivity index (χ4n) is 2.40. The maximum atomic E-state index is 12.4. The van der Waals surface area contributed by atoms with Crippen LogP contribution in [0.4, 0.5) is 0 Å². The van der Waals surface area contributed by atoms with Crippen LogP contribution in [0.1, 0.15) is 11.1 Å². The van der Waals surface area contributed by atoms with Gasteiger partial charge in [-0.3, -0.25) is 9.89 Å². The number of rotatable bonds is 2. The van der Waals surface area contributed by atoms with Gasteiger partial charge in [0.15, 0.2) is 0 Å². The van der Waals surface area contributed by atoms with Gasteiger partial charge in [-0.1, -0.05) is 42.5 Å². The summed E-state index contributed by atoms with van der Waals surface area (Å²) in [7, 11) is 0. The van der Waals surface area contributed by atoms with Gasteiger partial charge in [0.2, 0.25) is 0 Å². The van der Waals surface area contributed by atoms with Crippen molar-refractivity contribution in [3.05, 3.63) is 76.1 Å². The molecule has 0 aliphatic heterocycles. The summed E-state index contributed by atoms with van der Waals surface area (Å²) < 4.78 is 1.59. The molecule has 0 fully saturated rings. The van der Waals surface area contributed by atoms with Gasteiger partial charge in [-0.05, 0) is 31.5 Å². The Morgan fingerprint density at radius 1 is 0.900 bits per heavy atom. The molecule has 0 aliphatic carbocycles. The Morgan fingerprint density at radius 3 is 2.25 bits per heavy atom. The molecule has 0 bridgehead atoms. The molecule has 0 saturated carbocycles. The minimum Gasteiger partial charge on any atom is -0.290 e. The Hall–Kier alpha value is -2.55. The average molecular weight is 264 g/mol. The quantitative estimate of drug-likeness (QED) is 0.756. The molecular weight excluding hydrogens is 248 g/mol. The van der Waals surface area contributed by atoms with Crippen molar-refractivity contribution in [2.45, 2.75) is 13.8 Å². The lowest BCUT2D eigenvalue weighted by Crippen LogP contribution is -2.15. The molecule has 0 amide bonds. The van der Waals surface area contributed by atoms with E-state index >= 15 is 0 Å². The molecule has 0 aliphatic rings. The van der Waals surface area contributed by atoms with Crippen molar-refractivity contribution in [2.75, 3.05) is 0 Å². The largest absolute Gasteiger partial charge is 0.290 e. The zero-order chi connectivity index (χ0) is 14.1. The van der Waals surface area contributed by atoms with Gasteiger partial charge < -0.3 is 0 Å². The standard InChI is InChI=1S/C17H16N2O/c1-12-8-6-7-11-15(12)16-13(2)17(20)19(18-16)14-9-4-3-5-10-14/h3-11,18H,1-2H3. The zero-order valence-electron chi connectivity index (χ0n) is 11.6. The number of para-hydroxylation sites is 1. The third-order valence-electron chi connectivity index (χ3n) is 3.55. The van der Waals surface area contributed by atoms with E-state index in [1.807, 2.05) is 68.4 Å². The summed E-state index contributed by atoms with van der Waals surface area (Å²) >= 11 is 0. The predicted molar refractivity (Wildman–Crippen MR) is 81.3 cm³/mol. The van der Waals surface area contributed by atoms with E-state index in [9.17, 15) is 4.79 Å². The van der Waals surface area contributed by atoms with E-state index in [1.165, 1.54) is 0 Å². The average Bonchev–Trinajstić information content (AvgIpc) is 2.77. The van der Waals surface area contributed by atoms with Crippen LogP contribution in [-0.4, -0.2) is 9.78 Å². The van der Waals surface area contributed by atoms with Gasteiger partial charge in [0.05, 0.1) is 11.4 Å². The first-order chi connectivity index (χ1) is 9.68. The number of H-pyrrole nitrogens is 1. The number of benzene rings is 2. The van der Waals surface area contributed by atoms with Crippen molar-refractivity contribution >= 4 is 0 Å². The number of hydrogen-bond donors (Lipinski definition) is 1. The van der Waals surface area contributed by atoms with Crippen molar-refractivity contribution in [3.63, 3.8) is 0 Å². The molecule has 0 radical (unpaired) electrons. The number of aryl methyl sites for hydroxylation is 1. The zero-order valence-corrected chi connectivity index (χ0v) is 11.6. The topological polar surface area (TPSA) is 37.8 Å². The number of aromatic nitrogens is 2. The Labute approximate surface area is 117 Å². The minimum atomic E-state index is -0.00514. The van der Waals surface area contributed by atoms with Crippen molar-refractivity contribution in [1.29, 1.82) is 0 Å². The van der Waals surface area contributed by atoms with Crippen molar-refractivity contribution in [3.8, 4) is 16.9 Å². The second kappa shape index (κ2) is 4.85. The molecule has 3 heteroatoms. The highest BCUT2D eigenvalue weighted by Crippen LogP contribution is 2.23. The van der Waals surface area contributed by atoms with Crippen molar-refractivity contribution in [1.82, 2.24) is 9.78 Å². The van der Waals surface area contributed by atoms with Gasteiger partial charge in [-0.15, -0.1) is 0 Å². The molecule has 0 atom stereocenters.